The van der Waals surface area contributed by atoms with Gasteiger partial charge in [0.1, 0.15) is 12.2 Å². The van der Waals surface area contributed by atoms with Crippen LogP contribution in [0.15, 0.2) is 66.7 Å². The van der Waals surface area contributed by atoms with Crippen molar-refractivity contribution in [3.63, 3.8) is 0 Å². The summed E-state index contributed by atoms with van der Waals surface area (Å²) in [6.07, 6.45) is 0.624. The summed E-state index contributed by atoms with van der Waals surface area (Å²) < 4.78 is 21.8. The quantitative estimate of drug-likeness (QED) is 0.428. The van der Waals surface area contributed by atoms with E-state index in [1.165, 1.54) is 38.9 Å². The van der Waals surface area contributed by atoms with Crippen molar-refractivity contribution in [2.24, 2.45) is 0 Å². The van der Waals surface area contributed by atoms with Crippen LogP contribution in [-0.2, 0) is 32.2 Å². The summed E-state index contributed by atoms with van der Waals surface area (Å²) >= 11 is 0. The summed E-state index contributed by atoms with van der Waals surface area (Å²) in [6.45, 7) is 6.46. The Morgan fingerprint density at radius 1 is 0.677 bits per heavy atom. The lowest BCUT2D eigenvalue weighted by Gasteiger charge is -2.10. The van der Waals surface area contributed by atoms with Gasteiger partial charge in [0.2, 0.25) is 0 Å². The lowest BCUT2D eigenvalue weighted by Crippen LogP contribution is -2.02. The summed E-state index contributed by atoms with van der Waals surface area (Å²) in [5, 5.41) is 0. The largest absolute Gasteiger partial charge is 0.374 e. The minimum Gasteiger partial charge on any atom is -0.374 e. The van der Waals surface area contributed by atoms with Crippen LogP contribution in [0, 0.1) is 6.92 Å². The van der Waals surface area contributed by atoms with Gasteiger partial charge in [0.15, 0.2) is 0 Å². The van der Waals surface area contributed by atoms with Crippen LogP contribution in [0.25, 0.3) is 22.3 Å². The lowest BCUT2D eigenvalue weighted by molar-refractivity contribution is 0.104. The fourth-order valence-electron chi connectivity index (χ4n) is 3.62. The van der Waals surface area contributed by atoms with E-state index in [-0.39, 0.29) is 0 Å². The highest BCUT2D eigenvalue weighted by Crippen LogP contribution is 2.27. The highest BCUT2D eigenvalue weighted by atomic mass is 16.6. The van der Waals surface area contributed by atoms with Crippen LogP contribution in [0.4, 0.5) is 0 Å². The third-order valence-electron chi connectivity index (χ3n) is 5.79. The summed E-state index contributed by atoms with van der Waals surface area (Å²) in [5.41, 5.74) is 8.54. The first-order chi connectivity index (χ1) is 15.2. The average Bonchev–Trinajstić information content (AvgIpc) is 3.72. The van der Waals surface area contributed by atoms with Gasteiger partial charge in [-0.3, -0.25) is 0 Å². The maximum absolute atomic E-state index is 5.74. The highest BCUT2D eigenvalue weighted by molar-refractivity contribution is 5.71. The van der Waals surface area contributed by atoms with E-state index in [1.807, 2.05) is 0 Å². The molecule has 160 valence electrons. The molecular formula is C27H28O4. The molecule has 2 aliphatic rings. The predicted octanol–water partition coefficient (Wildman–Crippen LogP) is 5.16. The van der Waals surface area contributed by atoms with E-state index in [0.29, 0.717) is 38.6 Å². The van der Waals surface area contributed by atoms with E-state index in [1.54, 1.807) is 0 Å². The fraction of sp³-hybridized carbons (Fsp3) is 0.333. The van der Waals surface area contributed by atoms with Gasteiger partial charge < -0.3 is 18.9 Å². The van der Waals surface area contributed by atoms with Gasteiger partial charge in [-0.2, -0.15) is 0 Å². The Balaban J connectivity index is 1.20. The van der Waals surface area contributed by atoms with Crippen molar-refractivity contribution in [1.29, 1.82) is 0 Å². The van der Waals surface area contributed by atoms with E-state index in [0.717, 1.165) is 13.2 Å². The van der Waals surface area contributed by atoms with Crippen LogP contribution >= 0.6 is 0 Å². The van der Waals surface area contributed by atoms with Crippen LogP contribution in [0.5, 0.6) is 0 Å². The van der Waals surface area contributed by atoms with Crippen molar-refractivity contribution < 1.29 is 18.9 Å². The summed E-state index contributed by atoms with van der Waals surface area (Å²) in [5.74, 6) is 0. The molecule has 3 aromatic rings. The molecule has 0 aliphatic carbocycles. The van der Waals surface area contributed by atoms with Gasteiger partial charge in [-0.25, -0.2) is 0 Å². The van der Waals surface area contributed by atoms with Gasteiger partial charge in [-0.15, -0.1) is 0 Å². The molecule has 0 aromatic heterocycles. The number of hydrogen-bond donors (Lipinski definition) is 0. The third-order valence-corrected chi connectivity index (χ3v) is 5.79. The Morgan fingerprint density at radius 3 is 1.71 bits per heavy atom. The molecule has 31 heavy (non-hydrogen) atoms. The van der Waals surface area contributed by atoms with Crippen LogP contribution in [0.1, 0.15) is 16.7 Å². The lowest BCUT2D eigenvalue weighted by atomic mass is 9.97. The van der Waals surface area contributed by atoms with Gasteiger partial charge >= 0.3 is 0 Å². The Kier molecular flexibility index (Phi) is 6.14. The molecule has 2 aliphatic heterocycles. The molecule has 2 fully saturated rings. The van der Waals surface area contributed by atoms with Gasteiger partial charge in [-0.05, 0) is 45.9 Å². The molecule has 0 radical (unpaired) electrons. The first-order valence-corrected chi connectivity index (χ1v) is 10.9. The third kappa shape index (κ3) is 5.60. The molecule has 2 atom stereocenters. The molecule has 4 nitrogen and oxygen atoms in total. The number of benzene rings is 3. The maximum Gasteiger partial charge on any atom is 0.104 e. The molecule has 5 rings (SSSR count). The Labute approximate surface area is 183 Å². The zero-order valence-corrected chi connectivity index (χ0v) is 17.9. The van der Waals surface area contributed by atoms with Crippen LogP contribution in [0.2, 0.25) is 0 Å². The zero-order valence-electron chi connectivity index (χ0n) is 17.9. The zero-order chi connectivity index (χ0) is 21.0. The first kappa shape index (κ1) is 20.4. The minimum atomic E-state index is 0.310. The van der Waals surface area contributed by atoms with Crippen molar-refractivity contribution in [2.45, 2.75) is 32.3 Å². The van der Waals surface area contributed by atoms with Crippen LogP contribution in [0.3, 0.4) is 0 Å². The van der Waals surface area contributed by atoms with Crippen molar-refractivity contribution in [2.75, 3.05) is 26.4 Å². The fourth-order valence-corrected chi connectivity index (χ4v) is 3.62. The smallest absolute Gasteiger partial charge is 0.104 e. The number of epoxide rings is 2. The molecule has 4 heteroatoms. The van der Waals surface area contributed by atoms with Crippen molar-refractivity contribution in [3.05, 3.63) is 83.4 Å². The molecule has 0 bridgehead atoms. The number of rotatable bonds is 10. The molecule has 0 spiro atoms. The highest BCUT2D eigenvalue weighted by Gasteiger charge is 2.22. The van der Waals surface area contributed by atoms with Crippen LogP contribution < -0.4 is 0 Å². The summed E-state index contributed by atoms with van der Waals surface area (Å²) in [4.78, 5) is 0. The normalized spacial score (nSPS) is 19.4. The first-order valence-electron chi connectivity index (χ1n) is 10.9. The van der Waals surface area contributed by atoms with Gasteiger partial charge in [0, 0.05) is 0 Å². The molecular weight excluding hydrogens is 388 g/mol. The van der Waals surface area contributed by atoms with Crippen molar-refractivity contribution in [1.82, 2.24) is 0 Å². The molecule has 2 unspecified atom stereocenters. The van der Waals surface area contributed by atoms with E-state index >= 15 is 0 Å². The predicted molar refractivity (Wildman–Crippen MR) is 121 cm³/mol. The molecule has 2 saturated heterocycles. The monoisotopic (exact) mass is 416 g/mol. The molecule has 2 heterocycles. The standard InChI is InChI=1S/C27H28O4/c1-19-12-24(10-11-25(19)14-29-16-27-18-31-27)23-8-6-22(7-9-23)21-4-2-20(3-5-21)13-28-15-26-17-30-26/h2-12,26-27H,13-18H2,1H3. The maximum atomic E-state index is 5.74. The average molecular weight is 417 g/mol. The second kappa shape index (κ2) is 9.33. The van der Waals surface area contributed by atoms with E-state index in [2.05, 4.69) is 73.7 Å². The Hall–Kier alpha value is -2.50. The molecule has 0 saturated carbocycles. The second-order valence-corrected chi connectivity index (χ2v) is 8.36. The van der Waals surface area contributed by atoms with E-state index in [9.17, 15) is 0 Å². The molecule has 3 aromatic carbocycles. The number of aryl methyl sites for hydroxylation is 1. The Bertz CT molecular complexity index is 1000. The van der Waals surface area contributed by atoms with Gasteiger partial charge in [0.25, 0.3) is 0 Å². The van der Waals surface area contributed by atoms with Crippen LogP contribution in [-0.4, -0.2) is 38.6 Å². The number of ether oxygens (including phenoxy) is 4. The topological polar surface area (TPSA) is 43.5 Å². The van der Waals surface area contributed by atoms with Crippen molar-refractivity contribution in [3.8, 4) is 22.3 Å². The van der Waals surface area contributed by atoms with E-state index in [4.69, 9.17) is 18.9 Å². The molecule has 0 N–H and O–H groups in total. The minimum absolute atomic E-state index is 0.310. The molecule has 0 amide bonds. The number of hydrogen-bond acceptors (Lipinski definition) is 4. The van der Waals surface area contributed by atoms with Gasteiger partial charge in [0.05, 0.1) is 39.6 Å². The summed E-state index contributed by atoms with van der Waals surface area (Å²) in [7, 11) is 0. The SMILES string of the molecule is Cc1cc(-c2ccc(-c3ccc(COCC4CO4)cc3)cc2)ccc1COCC1CO1. The second-order valence-electron chi connectivity index (χ2n) is 8.36. The Morgan fingerprint density at radius 2 is 1.16 bits per heavy atom. The summed E-state index contributed by atoms with van der Waals surface area (Å²) in [6, 6.07) is 23.9. The van der Waals surface area contributed by atoms with Crippen molar-refractivity contribution >= 4 is 0 Å². The van der Waals surface area contributed by atoms with Gasteiger partial charge in [-0.1, -0.05) is 66.7 Å². The van der Waals surface area contributed by atoms with E-state index < -0.39 is 0 Å².